The quantitative estimate of drug-likeness (QED) is 0.675. The summed E-state index contributed by atoms with van der Waals surface area (Å²) in [4.78, 5) is 22.8. The number of aliphatic carboxylic acids is 1. The molecule has 0 radical (unpaired) electrons. The maximum atomic E-state index is 12.0. The highest BCUT2D eigenvalue weighted by Gasteiger charge is 2.46. The fraction of sp³-hybridized carbons (Fsp3) is 0.222. The molecule has 0 fully saturated rings. The molecule has 1 aromatic heterocycles. The fourth-order valence-corrected chi connectivity index (χ4v) is 1.43. The van der Waals surface area contributed by atoms with Gasteiger partial charge in [0, 0.05) is 6.20 Å². The lowest BCUT2D eigenvalue weighted by Gasteiger charge is -2.11. The number of rotatable bonds is 3. The molecule has 0 unspecified atom stereocenters. The van der Waals surface area contributed by atoms with E-state index < -0.39 is 44.9 Å². The Morgan fingerprint density at radius 2 is 1.54 bits per heavy atom. The Hall–Kier alpha value is -2.58. The summed E-state index contributed by atoms with van der Waals surface area (Å²) < 4.78 is 90.4. The van der Waals surface area contributed by atoms with Crippen LogP contribution >= 0.6 is 0 Å². The Labute approximate surface area is 128 Å². The van der Waals surface area contributed by atoms with E-state index in [1.54, 1.807) is 0 Å². The van der Waals surface area contributed by atoms with Crippen molar-refractivity contribution < 1.29 is 54.6 Å². The maximum absolute atomic E-state index is 12.0. The van der Waals surface area contributed by atoms with Gasteiger partial charge in [-0.2, -0.15) is 34.8 Å². The van der Waals surface area contributed by atoms with Crippen LogP contribution in [-0.2, 0) is 14.8 Å². The van der Waals surface area contributed by atoms with Crippen LogP contribution in [0, 0.1) is 0 Å². The summed E-state index contributed by atoms with van der Waals surface area (Å²) in [5, 5.41) is 15.7. The van der Waals surface area contributed by atoms with E-state index in [9.17, 15) is 39.6 Å². The number of hydrogen-bond acceptors (Lipinski definition) is 5. The van der Waals surface area contributed by atoms with Crippen molar-refractivity contribution in [3.8, 4) is 0 Å². The van der Waals surface area contributed by atoms with Crippen molar-refractivity contribution in [2.45, 2.75) is 11.7 Å². The van der Waals surface area contributed by atoms with Gasteiger partial charge >= 0.3 is 33.6 Å². The third-order valence-corrected chi connectivity index (χ3v) is 2.94. The fourth-order valence-electron chi connectivity index (χ4n) is 0.865. The highest BCUT2D eigenvalue weighted by molar-refractivity contribution is 7.93. The molecule has 0 aromatic carbocycles. The first-order valence-electron chi connectivity index (χ1n) is 5.16. The van der Waals surface area contributed by atoms with E-state index in [1.807, 2.05) is 0 Å². The second-order valence-corrected chi connectivity index (χ2v) is 5.25. The number of alkyl halides is 6. The number of nitrogens with zero attached hydrogens (tertiary/aromatic N) is 1. The van der Waals surface area contributed by atoms with Gasteiger partial charge in [0.05, 0.1) is 17.4 Å². The van der Waals surface area contributed by atoms with Crippen molar-refractivity contribution in [3.63, 3.8) is 0 Å². The molecule has 136 valence electrons. The van der Waals surface area contributed by atoms with Crippen molar-refractivity contribution in [2.75, 3.05) is 4.72 Å². The first-order chi connectivity index (χ1) is 10.6. The van der Waals surface area contributed by atoms with Gasteiger partial charge in [0.1, 0.15) is 0 Å². The second kappa shape index (κ2) is 7.33. The number of sulfonamides is 1. The molecule has 0 aliphatic rings. The number of aromatic carboxylic acids is 1. The number of hydrogen-bond donors (Lipinski definition) is 3. The number of nitrogens with one attached hydrogen (secondary N) is 1. The summed E-state index contributed by atoms with van der Waals surface area (Å²) in [7, 11) is -5.66. The van der Waals surface area contributed by atoms with E-state index in [1.165, 1.54) is 0 Å². The lowest BCUT2D eigenvalue weighted by molar-refractivity contribution is -0.192. The van der Waals surface area contributed by atoms with Gasteiger partial charge in [-0.25, -0.2) is 9.59 Å². The predicted octanol–water partition coefficient (Wildman–Crippen LogP) is 1.67. The molecule has 0 aliphatic heterocycles. The van der Waals surface area contributed by atoms with Crippen LogP contribution in [-0.4, -0.2) is 47.2 Å². The van der Waals surface area contributed by atoms with Gasteiger partial charge in [0.15, 0.2) is 0 Å². The van der Waals surface area contributed by atoms with Crippen molar-refractivity contribution in [1.29, 1.82) is 0 Å². The first kappa shape index (κ1) is 21.4. The number of carboxylic acid groups (broad SMARTS) is 2. The van der Waals surface area contributed by atoms with E-state index in [2.05, 4.69) is 4.98 Å². The van der Waals surface area contributed by atoms with E-state index in [0.29, 0.717) is 6.20 Å². The molecule has 0 saturated carbocycles. The Balaban J connectivity index is 0.000000640. The average molecular weight is 384 g/mol. The summed E-state index contributed by atoms with van der Waals surface area (Å²) in [6, 6.07) is 0.872. The Morgan fingerprint density at radius 1 is 1.08 bits per heavy atom. The number of pyridine rings is 1. The van der Waals surface area contributed by atoms with Crippen molar-refractivity contribution in [3.05, 3.63) is 24.0 Å². The number of carbonyl (C=O) groups is 2. The van der Waals surface area contributed by atoms with Crippen molar-refractivity contribution in [2.24, 2.45) is 0 Å². The third kappa shape index (κ3) is 6.27. The van der Waals surface area contributed by atoms with Crippen LogP contribution in [0.3, 0.4) is 0 Å². The van der Waals surface area contributed by atoms with Crippen LogP contribution in [0.25, 0.3) is 0 Å². The standard InChI is InChI=1S/C7H5F3N2O4S.C2HF3O2/c8-7(9,10)17(15,16)12-5-3-11-2-1-4(5)6(13)14;3-2(4,5)1(6)7/h1-3,12H,(H,13,14);(H,6,7). The van der Waals surface area contributed by atoms with Gasteiger partial charge < -0.3 is 10.2 Å². The number of aromatic nitrogens is 1. The van der Waals surface area contributed by atoms with E-state index in [-0.39, 0.29) is 0 Å². The molecule has 0 spiro atoms. The monoisotopic (exact) mass is 384 g/mol. The van der Waals surface area contributed by atoms with Crippen LogP contribution < -0.4 is 4.72 Å². The minimum Gasteiger partial charge on any atom is -0.478 e. The maximum Gasteiger partial charge on any atom is 0.516 e. The molecular weight excluding hydrogens is 378 g/mol. The summed E-state index contributed by atoms with van der Waals surface area (Å²) in [5.41, 5.74) is -6.91. The summed E-state index contributed by atoms with van der Waals surface area (Å²) in [5.74, 6) is -4.33. The minimum absolute atomic E-state index is 0.632. The largest absolute Gasteiger partial charge is 0.516 e. The highest BCUT2D eigenvalue weighted by Crippen LogP contribution is 2.26. The molecule has 1 aromatic rings. The zero-order valence-electron chi connectivity index (χ0n) is 10.9. The third-order valence-electron chi connectivity index (χ3n) is 1.84. The van der Waals surface area contributed by atoms with Crippen LogP contribution in [0.2, 0.25) is 0 Å². The smallest absolute Gasteiger partial charge is 0.478 e. The molecule has 0 amide bonds. The molecule has 24 heavy (non-hydrogen) atoms. The second-order valence-electron chi connectivity index (χ2n) is 3.58. The zero-order chi connectivity index (χ0) is 19.3. The normalized spacial score (nSPS) is 11.9. The summed E-state index contributed by atoms with van der Waals surface area (Å²) >= 11 is 0. The highest BCUT2D eigenvalue weighted by atomic mass is 32.2. The molecule has 8 nitrogen and oxygen atoms in total. The molecule has 0 saturated heterocycles. The summed E-state index contributed by atoms with van der Waals surface area (Å²) in [6.07, 6.45) is -3.40. The predicted molar refractivity (Wildman–Crippen MR) is 63.5 cm³/mol. The van der Waals surface area contributed by atoms with Gasteiger partial charge in [0.25, 0.3) is 0 Å². The van der Waals surface area contributed by atoms with E-state index >= 15 is 0 Å². The summed E-state index contributed by atoms with van der Waals surface area (Å²) in [6.45, 7) is 0. The molecule has 1 rings (SSSR count). The molecule has 15 heteroatoms. The molecule has 1 heterocycles. The van der Waals surface area contributed by atoms with E-state index in [0.717, 1.165) is 17.0 Å². The number of halogens is 6. The van der Waals surface area contributed by atoms with Gasteiger partial charge in [-0.05, 0) is 6.07 Å². The lowest BCUT2D eigenvalue weighted by atomic mass is 10.2. The van der Waals surface area contributed by atoms with Crippen LogP contribution in [0.5, 0.6) is 0 Å². The van der Waals surface area contributed by atoms with Gasteiger partial charge in [0.2, 0.25) is 0 Å². The Morgan fingerprint density at radius 3 is 1.88 bits per heavy atom. The average Bonchev–Trinajstić information content (AvgIpc) is 2.36. The Kier molecular flexibility index (Phi) is 6.54. The first-order valence-corrected chi connectivity index (χ1v) is 6.64. The molecule has 3 N–H and O–H groups in total. The van der Waals surface area contributed by atoms with E-state index in [4.69, 9.17) is 15.0 Å². The molecule has 0 aliphatic carbocycles. The lowest BCUT2D eigenvalue weighted by Crippen LogP contribution is -2.30. The Bertz CT molecular complexity index is 714. The number of anilines is 1. The topological polar surface area (TPSA) is 134 Å². The van der Waals surface area contributed by atoms with Crippen molar-refractivity contribution in [1.82, 2.24) is 4.98 Å². The number of carboxylic acids is 2. The molecule has 0 bridgehead atoms. The van der Waals surface area contributed by atoms with Crippen LogP contribution in [0.4, 0.5) is 32.0 Å². The van der Waals surface area contributed by atoms with Gasteiger partial charge in [-0.1, -0.05) is 0 Å². The molecular formula is C9H6F6N2O6S. The minimum atomic E-state index is -5.66. The van der Waals surface area contributed by atoms with Gasteiger partial charge in [-0.3, -0.25) is 9.71 Å². The van der Waals surface area contributed by atoms with Crippen molar-refractivity contribution >= 4 is 27.6 Å². The van der Waals surface area contributed by atoms with Gasteiger partial charge in [-0.15, -0.1) is 0 Å². The SMILES string of the molecule is O=C(O)C(F)(F)F.O=C(O)c1ccncc1NS(=O)(=O)C(F)(F)F. The van der Waals surface area contributed by atoms with Crippen LogP contribution in [0.1, 0.15) is 10.4 Å². The molecule has 0 atom stereocenters. The van der Waals surface area contributed by atoms with Crippen LogP contribution in [0.15, 0.2) is 18.5 Å². The zero-order valence-corrected chi connectivity index (χ0v) is 11.7.